The van der Waals surface area contributed by atoms with Crippen LogP contribution in [-0.4, -0.2) is 103 Å². The molecule has 2 aromatic heterocycles. The lowest BCUT2D eigenvalue weighted by Gasteiger charge is -2.56. The van der Waals surface area contributed by atoms with Crippen molar-refractivity contribution in [1.29, 1.82) is 0 Å². The third-order valence-corrected chi connectivity index (χ3v) is 17.0. The van der Waals surface area contributed by atoms with Gasteiger partial charge in [0.15, 0.2) is 11.1 Å². The fraction of sp³-hybridized carbons (Fsp3) is 0.591. The van der Waals surface area contributed by atoms with Gasteiger partial charge in [-0.15, -0.1) is 22.7 Å². The molecule has 5 aliphatic rings. The summed E-state index contributed by atoms with van der Waals surface area (Å²) in [5, 5.41) is 28.7. The van der Waals surface area contributed by atoms with Crippen LogP contribution in [0, 0.1) is 10.8 Å². The van der Waals surface area contributed by atoms with E-state index in [2.05, 4.69) is 70.4 Å². The van der Waals surface area contributed by atoms with Crippen LogP contribution in [0.3, 0.4) is 0 Å². The van der Waals surface area contributed by atoms with Crippen molar-refractivity contribution in [2.24, 2.45) is 22.3 Å². The monoisotopic (exact) mass is 903 g/mol. The molecule has 17 nitrogen and oxygen atoms in total. The molecule has 0 saturated carbocycles. The molecule has 8 rings (SSSR count). The first-order valence-electron chi connectivity index (χ1n) is 21.5. The number of amides is 6. The average molecular weight is 904 g/mol. The van der Waals surface area contributed by atoms with Crippen molar-refractivity contribution in [3.8, 4) is 0 Å². The van der Waals surface area contributed by atoms with Gasteiger partial charge < -0.3 is 26.6 Å². The molecule has 0 radical (unpaired) electrons. The number of likely N-dealkylation sites (tertiary alicyclic amines) is 2. The largest absolute Gasteiger partial charge is 0.465 e. The number of hydrogen-bond acceptors (Lipinski definition) is 13. The van der Waals surface area contributed by atoms with Gasteiger partial charge in [-0.2, -0.15) is 0 Å². The molecule has 1 aromatic carbocycles. The SMILES string of the molecule is CC(C)(C)c1ccc(N2[C@H](C3CCCN3[C@@]3(C(=O)NC(=O)O)c4nc(cs4)C(C(N)=O)C3(C)C)CC[C@H]2C2CCCN2[C@@]2(C(=O)NC(=O)O)c3nc(cs3)C(C(N)=O)C2(C)C)cc1. The van der Waals surface area contributed by atoms with Crippen LogP contribution >= 0.6 is 22.7 Å². The number of carbonyl (C=O) groups excluding carboxylic acids is 4. The van der Waals surface area contributed by atoms with Crippen molar-refractivity contribution in [3.05, 3.63) is 62.0 Å². The van der Waals surface area contributed by atoms with Crippen LogP contribution < -0.4 is 27.0 Å². The van der Waals surface area contributed by atoms with Crippen LogP contribution in [0.4, 0.5) is 15.3 Å². The number of anilines is 1. The molecule has 4 bridgehead atoms. The molecule has 3 aromatic rings. The number of hydrogen-bond donors (Lipinski definition) is 6. The number of carbonyl (C=O) groups is 6. The van der Waals surface area contributed by atoms with Crippen molar-refractivity contribution in [2.75, 3.05) is 18.0 Å². The summed E-state index contributed by atoms with van der Waals surface area (Å²) in [7, 11) is 0. The van der Waals surface area contributed by atoms with Crippen LogP contribution in [-0.2, 0) is 35.7 Å². The molecule has 4 unspecified atom stereocenters. The second kappa shape index (κ2) is 15.3. The third kappa shape index (κ3) is 6.42. The van der Waals surface area contributed by atoms with E-state index in [0.29, 0.717) is 73.0 Å². The van der Waals surface area contributed by atoms with Gasteiger partial charge in [-0.05, 0) is 61.6 Å². The molecule has 0 aliphatic carbocycles. The Bertz CT molecular complexity index is 2240. The lowest BCUT2D eigenvalue weighted by molar-refractivity contribution is -0.152. The maximum absolute atomic E-state index is 14.8. The topological polar surface area (TPSA) is 254 Å². The predicted octanol–water partition coefficient (Wildman–Crippen LogP) is 4.76. The number of fused-ring (bicyclic) bond motifs is 4. The third-order valence-electron chi connectivity index (χ3n) is 15.1. The van der Waals surface area contributed by atoms with E-state index in [1.807, 2.05) is 0 Å². The number of carboxylic acid groups (broad SMARTS) is 2. The van der Waals surface area contributed by atoms with Gasteiger partial charge in [0.1, 0.15) is 10.0 Å². The lowest BCUT2D eigenvalue weighted by atomic mass is 9.60. The standard InChI is InChI=1S/C44H57N9O8S2/c1-40(2,3)22-12-14-23(15-13-22)53-28(26-10-8-18-51(26)43(34(56)49-38(58)59)36-47-24(20-62-36)30(32(45)54)41(43,4)5)16-17-29(53)27-11-9-19-52(27)44(35(57)50-39(60)61)37-48-25(21-63-37)31(33(46)55)42(44,6)7/h12-15,20-21,26-31H,8-11,16-19H2,1-7H3,(H2,45,54)(H2,46,55)(H,49,56)(H,50,57)(H,58,59)(H,60,61)/t26?,27?,28-,29-,30?,31?,43-,44-/m0/s1. The number of primary amides is 2. The molecule has 8 N–H and O–H groups in total. The highest BCUT2D eigenvalue weighted by Gasteiger charge is 2.70. The minimum absolute atomic E-state index is 0.146. The van der Waals surface area contributed by atoms with E-state index in [-0.39, 0.29) is 29.6 Å². The molecule has 0 spiro atoms. The predicted molar refractivity (Wildman–Crippen MR) is 235 cm³/mol. The first-order chi connectivity index (χ1) is 29.5. The summed E-state index contributed by atoms with van der Waals surface area (Å²) in [5.41, 5.74) is 9.08. The van der Waals surface area contributed by atoms with Gasteiger partial charge >= 0.3 is 12.2 Å². The number of thiazole rings is 2. The van der Waals surface area contributed by atoms with E-state index in [0.717, 1.165) is 11.3 Å². The highest BCUT2D eigenvalue weighted by atomic mass is 32.1. The van der Waals surface area contributed by atoms with Gasteiger partial charge in [-0.1, -0.05) is 60.6 Å². The zero-order chi connectivity index (χ0) is 45.8. The van der Waals surface area contributed by atoms with Gasteiger partial charge in [0, 0.05) is 64.5 Å². The summed E-state index contributed by atoms with van der Waals surface area (Å²) in [6.45, 7) is 14.4. The van der Waals surface area contributed by atoms with E-state index in [1.54, 1.807) is 38.5 Å². The quantitative estimate of drug-likeness (QED) is 0.170. The van der Waals surface area contributed by atoms with Crippen LogP contribution in [0.15, 0.2) is 35.0 Å². The molecule has 6 amide bonds. The van der Waals surface area contributed by atoms with Crippen LogP contribution in [0.25, 0.3) is 0 Å². The summed E-state index contributed by atoms with van der Waals surface area (Å²) < 4.78 is 0. The van der Waals surface area contributed by atoms with E-state index in [9.17, 15) is 39.0 Å². The number of rotatable bonds is 9. The summed E-state index contributed by atoms with van der Waals surface area (Å²) in [5.74, 6) is -4.92. The van der Waals surface area contributed by atoms with Crippen molar-refractivity contribution >= 4 is 64.2 Å². The molecule has 63 heavy (non-hydrogen) atoms. The molecular weight excluding hydrogens is 847 g/mol. The van der Waals surface area contributed by atoms with Gasteiger partial charge in [-0.3, -0.25) is 39.6 Å². The zero-order valence-electron chi connectivity index (χ0n) is 36.6. The maximum Gasteiger partial charge on any atom is 0.411 e. The fourth-order valence-electron chi connectivity index (χ4n) is 12.6. The van der Waals surface area contributed by atoms with E-state index >= 15 is 0 Å². The highest BCUT2D eigenvalue weighted by molar-refractivity contribution is 7.10. The Morgan fingerprint density at radius 1 is 0.667 bits per heavy atom. The Kier molecular flexibility index (Phi) is 10.9. The Labute approximate surface area is 374 Å². The average Bonchev–Trinajstić information content (AvgIpc) is 4.02. The molecule has 3 saturated heterocycles. The van der Waals surface area contributed by atoms with E-state index in [1.165, 1.54) is 22.7 Å². The van der Waals surface area contributed by atoms with Crippen LogP contribution in [0.5, 0.6) is 0 Å². The van der Waals surface area contributed by atoms with Crippen molar-refractivity contribution in [3.63, 3.8) is 0 Å². The van der Waals surface area contributed by atoms with Gasteiger partial charge in [0.25, 0.3) is 11.8 Å². The molecule has 3 fully saturated rings. The van der Waals surface area contributed by atoms with Crippen molar-refractivity contribution < 1.29 is 39.0 Å². The smallest absolute Gasteiger partial charge is 0.411 e. The summed E-state index contributed by atoms with van der Waals surface area (Å²) >= 11 is 2.43. The number of nitrogens with zero attached hydrogens (tertiary/aromatic N) is 5. The molecule has 5 aliphatic heterocycles. The normalized spacial score (nSPS) is 31.1. The van der Waals surface area contributed by atoms with Crippen LogP contribution in [0.2, 0.25) is 0 Å². The fourth-order valence-corrected chi connectivity index (χ4v) is 15.1. The first kappa shape index (κ1) is 44.6. The number of nitrogens with one attached hydrogen (secondary N) is 2. The van der Waals surface area contributed by atoms with Crippen molar-refractivity contribution in [2.45, 2.75) is 139 Å². The molecule has 7 heterocycles. The number of imide groups is 2. The minimum Gasteiger partial charge on any atom is -0.465 e. The molecular formula is C44H57N9O8S2. The Balaban J connectivity index is 1.29. The van der Waals surface area contributed by atoms with E-state index < -0.39 is 69.6 Å². The van der Waals surface area contributed by atoms with Gasteiger partial charge in [-0.25, -0.2) is 19.6 Å². The van der Waals surface area contributed by atoms with Gasteiger partial charge in [0.2, 0.25) is 11.8 Å². The zero-order valence-corrected chi connectivity index (χ0v) is 38.3. The number of benzene rings is 1. The second-order valence-corrected chi connectivity index (χ2v) is 21.6. The first-order valence-corrected chi connectivity index (χ1v) is 23.3. The van der Waals surface area contributed by atoms with Crippen molar-refractivity contribution in [1.82, 2.24) is 30.4 Å². The minimum atomic E-state index is -1.70. The summed E-state index contributed by atoms with van der Waals surface area (Å²) in [6, 6.07) is 7.17. The molecule has 338 valence electrons. The number of aromatic nitrogens is 2. The number of nitrogens with two attached hydrogens (primary N) is 2. The van der Waals surface area contributed by atoms with Crippen LogP contribution in [0.1, 0.15) is 126 Å². The van der Waals surface area contributed by atoms with E-state index in [4.69, 9.17) is 21.4 Å². The summed E-state index contributed by atoms with van der Waals surface area (Å²) in [4.78, 5) is 97.2. The Morgan fingerprint density at radius 3 is 1.41 bits per heavy atom. The van der Waals surface area contributed by atoms with Gasteiger partial charge in [0.05, 0.1) is 23.2 Å². The highest BCUT2D eigenvalue weighted by Crippen LogP contribution is 2.61. The maximum atomic E-state index is 14.8. The Morgan fingerprint density at radius 2 is 1.06 bits per heavy atom. The lowest BCUT2D eigenvalue weighted by Crippen LogP contribution is -2.71. The second-order valence-electron chi connectivity index (χ2n) is 19.9. The Hall–Kier alpha value is -4.98. The summed E-state index contributed by atoms with van der Waals surface area (Å²) in [6.07, 6.45) is 0.847. The molecule has 19 heteroatoms. The molecule has 8 atom stereocenters.